The lowest BCUT2D eigenvalue weighted by atomic mass is 9.78. The Morgan fingerprint density at radius 2 is 1.74 bits per heavy atom. The molecular weight excluding hydrogens is 298 g/mol. The van der Waals surface area contributed by atoms with Gasteiger partial charge in [0.25, 0.3) is 0 Å². The average Bonchev–Trinajstić information content (AvgIpc) is 2.59. The minimum Gasteiger partial charge on any atom is -0.481 e. The smallest absolute Gasteiger partial charge is 0.325 e. The number of carbonyl (C=O) groups is 3. The molecule has 0 unspecified atom stereocenters. The van der Waals surface area contributed by atoms with Gasteiger partial charge in [-0.1, -0.05) is 31.0 Å². The van der Waals surface area contributed by atoms with Gasteiger partial charge >= 0.3 is 11.9 Å². The number of benzene rings is 1. The van der Waals surface area contributed by atoms with Crippen LogP contribution in [0.2, 0.25) is 0 Å². The first-order chi connectivity index (χ1) is 11.0. The number of carboxylic acid groups (broad SMARTS) is 1. The number of ether oxygens (including phenoxy) is 1. The zero-order chi connectivity index (χ0) is 16.8. The maximum atomic E-state index is 12.9. The molecule has 6 heteroatoms. The van der Waals surface area contributed by atoms with E-state index in [1.165, 1.54) is 12.0 Å². The molecule has 1 aromatic carbocycles. The molecule has 0 radical (unpaired) electrons. The molecule has 0 aromatic heterocycles. The van der Waals surface area contributed by atoms with Crippen molar-refractivity contribution in [3.63, 3.8) is 0 Å². The second-order valence-electron chi connectivity index (χ2n) is 5.67. The van der Waals surface area contributed by atoms with E-state index in [-0.39, 0.29) is 12.5 Å². The fourth-order valence-electron chi connectivity index (χ4n) is 3.02. The predicted molar refractivity (Wildman–Crippen MR) is 83.9 cm³/mol. The lowest BCUT2D eigenvalue weighted by Gasteiger charge is -2.32. The first kappa shape index (κ1) is 17.0. The molecule has 1 aromatic rings. The summed E-state index contributed by atoms with van der Waals surface area (Å²) in [5.74, 6) is -3.11. The second-order valence-corrected chi connectivity index (χ2v) is 5.67. The van der Waals surface area contributed by atoms with Crippen LogP contribution in [0.25, 0.3) is 0 Å². The quantitative estimate of drug-likeness (QED) is 0.840. The summed E-state index contributed by atoms with van der Waals surface area (Å²) in [6, 6.07) is 8.79. The van der Waals surface area contributed by atoms with Crippen LogP contribution in [0.1, 0.15) is 25.7 Å². The van der Waals surface area contributed by atoms with E-state index >= 15 is 0 Å². The molecule has 0 bridgehead atoms. The van der Waals surface area contributed by atoms with Gasteiger partial charge in [-0.25, -0.2) is 0 Å². The third kappa shape index (κ3) is 4.09. The highest BCUT2D eigenvalue weighted by atomic mass is 16.5. The van der Waals surface area contributed by atoms with Crippen LogP contribution in [0.3, 0.4) is 0 Å². The minimum absolute atomic E-state index is 0.220. The first-order valence-corrected chi connectivity index (χ1v) is 7.70. The molecule has 0 spiro atoms. The molecule has 124 valence electrons. The van der Waals surface area contributed by atoms with Crippen molar-refractivity contribution in [2.75, 3.05) is 18.6 Å². The van der Waals surface area contributed by atoms with Gasteiger partial charge < -0.3 is 14.7 Å². The predicted octanol–water partition coefficient (Wildman–Crippen LogP) is 2.08. The normalized spacial score (nSPS) is 20.6. The summed E-state index contributed by atoms with van der Waals surface area (Å²) < 4.78 is 4.66. The molecule has 1 N–H and O–H groups in total. The van der Waals surface area contributed by atoms with Gasteiger partial charge in [-0.2, -0.15) is 0 Å². The Labute approximate surface area is 135 Å². The second kappa shape index (κ2) is 7.76. The van der Waals surface area contributed by atoms with Gasteiger partial charge in [0.1, 0.15) is 6.54 Å². The van der Waals surface area contributed by atoms with Gasteiger partial charge in [0, 0.05) is 5.69 Å². The van der Waals surface area contributed by atoms with Gasteiger partial charge in [-0.05, 0) is 25.0 Å². The van der Waals surface area contributed by atoms with E-state index in [9.17, 15) is 19.5 Å². The number of carboxylic acids is 1. The number of nitrogens with zero attached hydrogens (tertiary/aromatic N) is 1. The fourth-order valence-corrected chi connectivity index (χ4v) is 3.02. The van der Waals surface area contributed by atoms with E-state index in [1.54, 1.807) is 24.3 Å². The fraction of sp³-hybridized carbons (Fsp3) is 0.471. The van der Waals surface area contributed by atoms with Crippen molar-refractivity contribution in [1.82, 2.24) is 0 Å². The lowest BCUT2D eigenvalue weighted by Crippen LogP contribution is -2.45. The summed E-state index contributed by atoms with van der Waals surface area (Å²) >= 11 is 0. The molecular formula is C17H21NO5. The number of rotatable bonds is 5. The van der Waals surface area contributed by atoms with Crippen molar-refractivity contribution in [2.45, 2.75) is 25.7 Å². The molecule has 0 saturated heterocycles. The van der Waals surface area contributed by atoms with E-state index in [4.69, 9.17) is 0 Å². The zero-order valence-corrected chi connectivity index (χ0v) is 13.1. The van der Waals surface area contributed by atoms with Crippen molar-refractivity contribution in [3.8, 4) is 0 Å². The molecule has 1 fully saturated rings. The van der Waals surface area contributed by atoms with Gasteiger partial charge in [-0.3, -0.25) is 14.4 Å². The number of esters is 1. The first-order valence-electron chi connectivity index (χ1n) is 7.70. The van der Waals surface area contributed by atoms with Crippen LogP contribution < -0.4 is 4.90 Å². The molecule has 1 aliphatic carbocycles. The van der Waals surface area contributed by atoms with E-state index in [1.807, 2.05) is 6.07 Å². The van der Waals surface area contributed by atoms with Crippen molar-refractivity contribution >= 4 is 23.5 Å². The summed E-state index contributed by atoms with van der Waals surface area (Å²) in [5, 5.41) is 9.38. The van der Waals surface area contributed by atoms with Gasteiger partial charge in [0.05, 0.1) is 18.9 Å². The average molecular weight is 319 g/mol. The monoisotopic (exact) mass is 319 g/mol. The molecule has 2 atom stereocenters. The Morgan fingerprint density at radius 3 is 2.30 bits per heavy atom. The number of hydrogen-bond donors (Lipinski definition) is 1. The third-order valence-corrected chi connectivity index (χ3v) is 4.25. The molecule has 2 rings (SSSR count). The van der Waals surface area contributed by atoms with Crippen LogP contribution in [0.4, 0.5) is 5.69 Å². The van der Waals surface area contributed by atoms with Crippen LogP contribution in [0, 0.1) is 11.8 Å². The third-order valence-electron chi connectivity index (χ3n) is 4.25. The number of methoxy groups -OCH3 is 1. The highest BCUT2D eigenvalue weighted by Crippen LogP contribution is 2.33. The van der Waals surface area contributed by atoms with E-state index in [0.29, 0.717) is 18.5 Å². The minimum atomic E-state index is -0.950. The summed E-state index contributed by atoms with van der Waals surface area (Å²) in [6.07, 6.45) is 2.65. The topological polar surface area (TPSA) is 83.9 Å². The summed E-state index contributed by atoms with van der Waals surface area (Å²) in [4.78, 5) is 37.4. The maximum absolute atomic E-state index is 12.9. The number of carbonyl (C=O) groups excluding carboxylic acids is 2. The Bertz CT molecular complexity index is 572. The zero-order valence-electron chi connectivity index (χ0n) is 13.1. The van der Waals surface area contributed by atoms with E-state index in [0.717, 1.165) is 12.8 Å². The van der Waals surface area contributed by atoms with Crippen LogP contribution >= 0.6 is 0 Å². The number of aliphatic carboxylic acids is 1. The van der Waals surface area contributed by atoms with Crippen LogP contribution in [0.15, 0.2) is 30.3 Å². The summed E-state index contributed by atoms with van der Waals surface area (Å²) in [5.41, 5.74) is 0.567. The van der Waals surface area contributed by atoms with Crippen LogP contribution in [-0.2, 0) is 19.1 Å². The lowest BCUT2D eigenvalue weighted by molar-refractivity contribution is -0.148. The largest absolute Gasteiger partial charge is 0.481 e. The van der Waals surface area contributed by atoms with Gasteiger partial charge in [0.15, 0.2) is 0 Å². The van der Waals surface area contributed by atoms with Crippen molar-refractivity contribution in [3.05, 3.63) is 30.3 Å². The highest BCUT2D eigenvalue weighted by molar-refractivity contribution is 6.00. The summed E-state index contributed by atoms with van der Waals surface area (Å²) in [6.45, 7) is -0.220. The maximum Gasteiger partial charge on any atom is 0.325 e. The molecule has 0 heterocycles. The Morgan fingerprint density at radius 1 is 1.13 bits per heavy atom. The Hall–Kier alpha value is -2.37. The molecule has 1 saturated carbocycles. The van der Waals surface area contributed by atoms with Gasteiger partial charge in [0.2, 0.25) is 5.91 Å². The number of hydrogen-bond acceptors (Lipinski definition) is 4. The standard InChI is InChI=1S/C17H21NO5/c1-23-15(19)11-18(12-7-3-2-4-8-12)16(20)13-9-5-6-10-14(13)17(21)22/h2-4,7-8,13-14H,5-6,9-11H2,1H3,(H,21,22)/t13-,14+/m1/s1. The van der Waals surface area contributed by atoms with Crippen molar-refractivity contribution in [2.24, 2.45) is 11.8 Å². The summed E-state index contributed by atoms with van der Waals surface area (Å²) in [7, 11) is 1.26. The van der Waals surface area contributed by atoms with Gasteiger partial charge in [-0.15, -0.1) is 0 Å². The van der Waals surface area contributed by atoms with Crippen LogP contribution in [0.5, 0.6) is 0 Å². The van der Waals surface area contributed by atoms with E-state index < -0.39 is 23.8 Å². The number of anilines is 1. The number of amides is 1. The molecule has 1 amide bonds. The molecule has 6 nitrogen and oxygen atoms in total. The number of para-hydroxylation sites is 1. The molecule has 23 heavy (non-hydrogen) atoms. The highest BCUT2D eigenvalue weighted by Gasteiger charge is 2.38. The Balaban J connectivity index is 2.28. The van der Waals surface area contributed by atoms with Crippen molar-refractivity contribution < 1.29 is 24.2 Å². The Kier molecular flexibility index (Phi) is 5.73. The van der Waals surface area contributed by atoms with Crippen LogP contribution in [-0.4, -0.2) is 36.6 Å². The SMILES string of the molecule is COC(=O)CN(C(=O)[C@@H]1CCCC[C@@H]1C(=O)O)c1ccccc1. The van der Waals surface area contributed by atoms with E-state index in [2.05, 4.69) is 4.74 Å². The van der Waals surface area contributed by atoms with Crippen molar-refractivity contribution in [1.29, 1.82) is 0 Å². The molecule has 1 aliphatic rings. The molecule has 0 aliphatic heterocycles.